The summed E-state index contributed by atoms with van der Waals surface area (Å²) in [5.41, 5.74) is 0.760. The van der Waals surface area contributed by atoms with Crippen molar-refractivity contribution in [2.75, 3.05) is 13.1 Å². The van der Waals surface area contributed by atoms with Gasteiger partial charge in [0.25, 0.3) is 0 Å². The molecule has 1 aliphatic heterocycles. The monoisotopic (exact) mass is 247 g/mol. The van der Waals surface area contributed by atoms with Crippen LogP contribution in [0.2, 0.25) is 0 Å². The average Bonchev–Trinajstić information content (AvgIpc) is 2.35. The van der Waals surface area contributed by atoms with Gasteiger partial charge in [0.1, 0.15) is 0 Å². The highest BCUT2D eigenvalue weighted by Gasteiger charge is 2.57. The SMILES string of the molecule is CC(C)N1CCCC2(C1)C1CC3CC(C1)CC2C3. The predicted molar refractivity (Wildman–Crippen MR) is 75.4 cm³/mol. The van der Waals surface area contributed by atoms with Crippen molar-refractivity contribution in [1.29, 1.82) is 0 Å². The average molecular weight is 247 g/mol. The second kappa shape index (κ2) is 3.98. The van der Waals surface area contributed by atoms with Crippen LogP contribution in [0.4, 0.5) is 0 Å². The third-order valence-corrected chi connectivity index (χ3v) is 7.08. The normalized spacial score (nSPS) is 51.5. The van der Waals surface area contributed by atoms with Gasteiger partial charge in [-0.1, -0.05) is 0 Å². The summed E-state index contributed by atoms with van der Waals surface area (Å²) in [7, 11) is 0. The molecule has 1 heteroatoms. The summed E-state index contributed by atoms with van der Waals surface area (Å²) in [5, 5.41) is 0. The fourth-order valence-corrected chi connectivity index (χ4v) is 6.38. The van der Waals surface area contributed by atoms with Gasteiger partial charge in [-0.3, -0.25) is 0 Å². The fraction of sp³-hybridized carbons (Fsp3) is 1.00. The van der Waals surface area contributed by atoms with Crippen LogP contribution in [0.15, 0.2) is 0 Å². The molecule has 4 bridgehead atoms. The zero-order valence-corrected chi connectivity index (χ0v) is 12.2. The molecule has 1 saturated heterocycles. The van der Waals surface area contributed by atoms with Crippen LogP contribution >= 0.6 is 0 Å². The van der Waals surface area contributed by atoms with Crippen LogP contribution in [0, 0.1) is 29.1 Å². The molecule has 18 heavy (non-hydrogen) atoms. The number of nitrogens with zero attached hydrogens (tertiary/aromatic N) is 1. The number of likely N-dealkylation sites (tertiary alicyclic amines) is 1. The zero-order chi connectivity index (χ0) is 12.3. The molecule has 5 rings (SSSR count). The first-order valence-electron chi connectivity index (χ1n) is 8.41. The summed E-state index contributed by atoms with van der Waals surface area (Å²) in [5.74, 6) is 4.48. The van der Waals surface area contributed by atoms with Crippen molar-refractivity contribution < 1.29 is 0 Å². The molecule has 0 N–H and O–H groups in total. The van der Waals surface area contributed by atoms with Gasteiger partial charge in [0, 0.05) is 12.6 Å². The van der Waals surface area contributed by atoms with Crippen molar-refractivity contribution in [3.63, 3.8) is 0 Å². The van der Waals surface area contributed by atoms with Crippen LogP contribution in [0.25, 0.3) is 0 Å². The van der Waals surface area contributed by atoms with E-state index < -0.39 is 0 Å². The molecule has 0 atom stereocenters. The van der Waals surface area contributed by atoms with E-state index in [1.54, 1.807) is 38.5 Å². The van der Waals surface area contributed by atoms with Crippen LogP contribution in [0.1, 0.15) is 58.8 Å². The lowest BCUT2D eigenvalue weighted by atomic mass is 9.44. The van der Waals surface area contributed by atoms with Crippen LogP contribution in [0.5, 0.6) is 0 Å². The first kappa shape index (κ1) is 11.8. The van der Waals surface area contributed by atoms with Gasteiger partial charge in [-0.2, -0.15) is 0 Å². The Kier molecular flexibility index (Phi) is 2.60. The lowest BCUT2D eigenvalue weighted by Gasteiger charge is -2.64. The Labute approximate surface area is 112 Å². The van der Waals surface area contributed by atoms with Crippen molar-refractivity contribution in [3.05, 3.63) is 0 Å². The highest BCUT2D eigenvalue weighted by molar-refractivity contribution is 5.08. The maximum Gasteiger partial charge on any atom is 0.00460 e. The van der Waals surface area contributed by atoms with Crippen molar-refractivity contribution in [2.24, 2.45) is 29.1 Å². The Morgan fingerprint density at radius 3 is 2.11 bits per heavy atom. The van der Waals surface area contributed by atoms with Crippen LogP contribution < -0.4 is 0 Å². The standard InChI is InChI=1S/C17H29N/c1-12(2)18-5-3-4-17(11-18)15-7-13-6-14(9-15)10-16(17)8-13/h12-16H,3-11H2,1-2H3. The second-order valence-corrected chi connectivity index (χ2v) is 8.21. The Morgan fingerprint density at radius 2 is 1.56 bits per heavy atom. The zero-order valence-electron chi connectivity index (χ0n) is 12.2. The minimum atomic E-state index is 0.760. The summed E-state index contributed by atoms with van der Waals surface area (Å²) in [4.78, 5) is 2.80. The summed E-state index contributed by atoms with van der Waals surface area (Å²) in [6.45, 7) is 7.61. The second-order valence-electron chi connectivity index (χ2n) is 8.21. The molecule has 1 heterocycles. The number of rotatable bonds is 1. The summed E-state index contributed by atoms with van der Waals surface area (Å²) >= 11 is 0. The molecule has 1 spiro atoms. The first-order valence-corrected chi connectivity index (χ1v) is 8.41. The number of hydrogen-bond acceptors (Lipinski definition) is 1. The largest absolute Gasteiger partial charge is 0.300 e. The molecular weight excluding hydrogens is 218 g/mol. The smallest absolute Gasteiger partial charge is 0.00460 e. The molecule has 1 nitrogen and oxygen atoms in total. The van der Waals surface area contributed by atoms with Crippen LogP contribution in [-0.2, 0) is 0 Å². The Hall–Kier alpha value is -0.0400. The predicted octanol–water partition coefficient (Wildman–Crippen LogP) is 3.93. The van der Waals surface area contributed by atoms with E-state index in [0.29, 0.717) is 0 Å². The minimum absolute atomic E-state index is 0.760. The van der Waals surface area contributed by atoms with Crippen LogP contribution in [-0.4, -0.2) is 24.0 Å². The highest BCUT2D eigenvalue weighted by atomic mass is 15.2. The number of hydrogen-bond donors (Lipinski definition) is 0. The molecule has 102 valence electrons. The molecule has 0 radical (unpaired) electrons. The van der Waals surface area contributed by atoms with E-state index in [9.17, 15) is 0 Å². The number of piperidine rings is 1. The third kappa shape index (κ3) is 1.55. The molecule has 0 unspecified atom stereocenters. The molecule has 4 aliphatic carbocycles. The fourth-order valence-electron chi connectivity index (χ4n) is 6.38. The van der Waals surface area contributed by atoms with Gasteiger partial charge in [-0.25, -0.2) is 0 Å². The van der Waals surface area contributed by atoms with E-state index in [4.69, 9.17) is 0 Å². The molecule has 0 aromatic rings. The van der Waals surface area contributed by atoms with Crippen molar-refractivity contribution in [2.45, 2.75) is 64.8 Å². The van der Waals surface area contributed by atoms with Crippen molar-refractivity contribution >= 4 is 0 Å². The maximum atomic E-state index is 2.80. The molecule has 0 aromatic carbocycles. The van der Waals surface area contributed by atoms with Gasteiger partial charge in [0.2, 0.25) is 0 Å². The highest BCUT2D eigenvalue weighted by Crippen LogP contribution is 2.64. The van der Waals surface area contributed by atoms with Gasteiger partial charge in [-0.15, -0.1) is 0 Å². The van der Waals surface area contributed by atoms with E-state index in [-0.39, 0.29) is 0 Å². The first-order chi connectivity index (χ1) is 8.67. The van der Waals surface area contributed by atoms with E-state index in [0.717, 1.165) is 35.1 Å². The van der Waals surface area contributed by atoms with E-state index in [2.05, 4.69) is 18.7 Å². The summed E-state index contributed by atoms with van der Waals surface area (Å²) in [6, 6.07) is 0.763. The Morgan fingerprint density at radius 1 is 0.944 bits per heavy atom. The Balaban J connectivity index is 1.62. The molecule has 5 aliphatic rings. The van der Waals surface area contributed by atoms with Crippen molar-refractivity contribution in [3.8, 4) is 0 Å². The summed E-state index contributed by atoms with van der Waals surface area (Å²) in [6.07, 6.45) is 11.0. The van der Waals surface area contributed by atoms with Gasteiger partial charge in [0.15, 0.2) is 0 Å². The van der Waals surface area contributed by atoms with E-state index in [1.165, 1.54) is 19.5 Å². The van der Waals surface area contributed by atoms with Gasteiger partial charge < -0.3 is 4.90 Å². The molecule has 5 fully saturated rings. The van der Waals surface area contributed by atoms with Crippen molar-refractivity contribution in [1.82, 2.24) is 4.90 Å². The Bertz CT molecular complexity index is 305. The van der Waals surface area contributed by atoms with Gasteiger partial charge in [-0.05, 0) is 94.4 Å². The van der Waals surface area contributed by atoms with Gasteiger partial charge >= 0.3 is 0 Å². The lowest BCUT2D eigenvalue weighted by Crippen LogP contribution is -2.60. The minimum Gasteiger partial charge on any atom is -0.300 e. The molecular formula is C17H29N. The molecule has 0 amide bonds. The topological polar surface area (TPSA) is 3.24 Å². The van der Waals surface area contributed by atoms with E-state index >= 15 is 0 Å². The van der Waals surface area contributed by atoms with E-state index in [1.807, 2.05) is 0 Å². The third-order valence-electron chi connectivity index (χ3n) is 7.08. The molecule has 0 aromatic heterocycles. The maximum absolute atomic E-state index is 2.80. The summed E-state index contributed by atoms with van der Waals surface area (Å²) < 4.78 is 0. The van der Waals surface area contributed by atoms with Crippen LogP contribution in [0.3, 0.4) is 0 Å². The quantitative estimate of drug-likeness (QED) is 0.678. The lowest BCUT2D eigenvalue weighted by molar-refractivity contribution is -0.142. The van der Waals surface area contributed by atoms with Gasteiger partial charge in [0.05, 0.1) is 0 Å². The molecule has 4 saturated carbocycles.